The van der Waals surface area contributed by atoms with E-state index in [9.17, 15) is 4.79 Å². The van der Waals surface area contributed by atoms with Gasteiger partial charge in [-0.05, 0) is 43.5 Å². The number of hydrogen-bond donors (Lipinski definition) is 1. The van der Waals surface area contributed by atoms with Crippen LogP contribution >= 0.6 is 0 Å². The number of esters is 1. The summed E-state index contributed by atoms with van der Waals surface area (Å²) in [4.78, 5) is 10.9. The second-order valence-corrected chi connectivity index (χ2v) is 4.89. The number of rotatable bonds is 3. The lowest BCUT2D eigenvalue weighted by Gasteiger charge is -2.35. The zero-order chi connectivity index (χ0) is 13.2. The van der Waals surface area contributed by atoms with E-state index in [-0.39, 0.29) is 18.2 Å². The Kier molecular flexibility index (Phi) is 3.57. The van der Waals surface area contributed by atoms with Crippen molar-refractivity contribution in [1.82, 2.24) is 0 Å². The van der Waals surface area contributed by atoms with Crippen LogP contribution in [-0.4, -0.2) is 23.3 Å². The molecular formula is C14H18O4. The van der Waals surface area contributed by atoms with E-state index in [0.717, 1.165) is 24.2 Å². The fourth-order valence-corrected chi connectivity index (χ4v) is 2.21. The molecule has 0 saturated heterocycles. The molecule has 0 bridgehead atoms. The van der Waals surface area contributed by atoms with Gasteiger partial charge in [-0.15, -0.1) is 0 Å². The first kappa shape index (κ1) is 12.9. The monoisotopic (exact) mass is 250 g/mol. The minimum Gasteiger partial charge on any atom is -0.487 e. The van der Waals surface area contributed by atoms with Crippen LogP contribution in [0.5, 0.6) is 11.5 Å². The molecular weight excluding hydrogens is 232 g/mol. The Bertz CT molecular complexity index is 455. The minimum absolute atomic E-state index is 0.122. The first-order valence-corrected chi connectivity index (χ1v) is 6.14. The van der Waals surface area contributed by atoms with Crippen LogP contribution in [0.25, 0.3) is 0 Å². The van der Waals surface area contributed by atoms with Crippen LogP contribution in [-0.2, 0) is 11.2 Å². The Labute approximate surface area is 107 Å². The SMILES string of the molecule is CC(=O)Oc1ccc2c(c1)CCC(C)(CCO)O2. The van der Waals surface area contributed by atoms with E-state index in [0.29, 0.717) is 12.2 Å². The highest BCUT2D eigenvalue weighted by Gasteiger charge is 2.31. The van der Waals surface area contributed by atoms with E-state index >= 15 is 0 Å². The predicted octanol–water partition coefficient (Wildman–Crippen LogP) is 2.08. The normalized spacial score (nSPS) is 21.9. The van der Waals surface area contributed by atoms with Gasteiger partial charge in [0.05, 0.1) is 0 Å². The quantitative estimate of drug-likeness (QED) is 0.659. The van der Waals surface area contributed by atoms with Crippen molar-refractivity contribution in [2.24, 2.45) is 0 Å². The van der Waals surface area contributed by atoms with Crippen LogP contribution in [0.2, 0.25) is 0 Å². The second-order valence-electron chi connectivity index (χ2n) is 4.89. The number of benzene rings is 1. The van der Waals surface area contributed by atoms with Crippen molar-refractivity contribution in [2.45, 2.75) is 38.7 Å². The van der Waals surface area contributed by atoms with Gasteiger partial charge < -0.3 is 14.6 Å². The number of hydrogen-bond acceptors (Lipinski definition) is 4. The molecule has 0 radical (unpaired) electrons. The maximum atomic E-state index is 10.9. The van der Waals surface area contributed by atoms with Crippen LogP contribution in [0.1, 0.15) is 32.3 Å². The van der Waals surface area contributed by atoms with Gasteiger partial charge in [0.25, 0.3) is 0 Å². The highest BCUT2D eigenvalue weighted by atomic mass is 16.5. The van der Waals surface area contributed by atoms with Crippen molar-refractivity contribution in [3.05, 3.63) is 23.8 Å². The Hall–Kier alpha value is -1.55. The molecule has 0 aliphatic carbocycles. The van der Waals surface area contributed by atoms with E-state index in [4.69, 9.17) is 14.6 Å². The molecule has 4 nitrogen and oxygen atoms in total. The molecule has 1 atom stereocenters. The molecule has 1 aliphatic heterocycles. The Balaban J connectivity index is 2.18. The van der Waals surface area contributed by atoms with Crippen molar-refractivity contribution in [3.63, 3.8) is 0 Å². The van der Waals surface area contributed by atoms with E-state index in [1.165, 1.54) is 6.92 Å². The van der Waals surface area contributed by atoms with Crippen LogP contribution in [0.3, 0.4) is 0 Å². The molecule has 18 heavy (non-hydrogen) atoms. The van der Waals surface area contributed by atoms with Gasteiger partial charge in [-0.3, -0.25) is 4.79 Å². The number of ether oxygens (including phenoxy) is 2. The molecule has 1 aromatic rings. The summed E-state index contributed by atoms with van der Waals surface area (Å²) in [6.07, 6.45) is 2.34. The highest BCUT2D eigenvalue weighted by Crippen LogP contribution is 2.36. The molecule has 4 heteroatoms. The zero-order valence-corrected chi connectivity index (χ0v) is 10.7. The molecule has 1 aromatic carbocycles. The standard InChI is InChI=1S/C14H18O4/c1-10(16)17-12-3-4-13-11(9-12)5-6-14(2,18-13)7-8-15/h3-4,9,15H,5-8H2,1-2H3. The van der Waals surface area contributed by atoms with Crippen molar-refractivity contribution in [3.8, 4) is 11.5 Å². The molecule has 1 N–H and O–H groups in total. The van der Waals surface area contributed by atoms with Gasteiger partial charge in [-0.25, -0.2) is 0 Å². The third-order valence-corrected chi connectivity index (χ3v) is 3.21. The zero-order valence-electron chi connectivity index (χ0n) is 10.7. The molecule has 1 heterocycles. The van der Waals surface area contributed by atoms with Crippen LogP contribution in [0, 0.1) is 0 Å². The number of carbonyl (C=O) groups is 1. The molecule has 2 rings (SSSR count). The summed E-state index contributed by atoms with van der Waals surface area (Å²) >= 11 is 0. The van der Waals surface area contributed by atoms with Crippen LogP contribution in [0.4, 0.5) is 0 Å². The largest absolute Gasteiger partial charge is 0.487 e. The smallest absolute Gasteiger partial charge is 0.308 e. The Morgan fingerprint density at radius 3 is 3.00 bits per heavy atom. The van der Waals surface area contributed by atoms with Gasteiger partial charge in [-0.2, -0.15) is 0 Å². The summed E-state index contributed by atoms with van der Waals surface area (Å²) in [5.41, 5.74) is 0.745. The first-order valence-electron chi connectivity index (χ1n) is 6.14. The predicted molar refractivity (Wildman–Crippen MR) is 66.8 cm³/mol. The lowest BCUT2D eigenvalue weighted by Crippen LogP contribution is -2.37. The van der Waals surface area contributed by atoms with Crippen LogP contribution in [0.15, 0.2) is 18.2 Å². The highest BCUT2D eigenvalue weighted by molar-refractivity contribution is 5.69. The lowest BCUT2D eigenvalue weighted by atomic mass is 9.90. The van der Waals surface area contributed by atoms with E-state index in [1.807, 2.05) is 19.1 Å². The fraction of sp³-hybridized carbons (Fsp3) is 0.500. The molecule has 0 spiro atoms. The third-order valence-electron chi connectivity index (χ3n) is 3.21. The average molecular weight is 250 g/mol. The molecule has 0 aromatic heterocycles. The summed E-state index contributed by atoms with van der Waals surface area (Å²) in [6, 6.07) is 5.39. The lowest BCUT2D eigenvalue weighted by molar-refractivity contribution is -0.131. The molecule has 98 valence electrons. The number of fused-ring (bicyclic) bond motifs is 1. The Morgan fingerprint density at radius 1 is 1.56 bits per heavy atom. The summed E-state index contributed by atoms with van der Waals surface area (Å²) < 4.78 is 11.0. The fourth-order valence-electron chi connectivity index (χ4n) is 2.21. The van der Waals surface area contributed by atoms with Gasteiger partial charge >= 0.3 is 5.97 Å². The third kappa shape index (κ3) is 2.82. The van der Waals surface area contributed by atoms with Crippen molar-refractivity contribution in [1.29, 1.82) is 0 Å². The van der Waals surface area contributed by atoms with Crippen molar-refractivity contribution >= 4 is 5.97 Å². The Morgan fingerprint density at radius 2 is 2.33 bits per heavy atom. The number of carbonyl (C=O) groups excluding carboxylic acids is 1. The molecule has 0 amide bonds. The van der Waals surface area contributed by atoms with Crippen molar-refractivity contribution < 1.29 is 19.4 Å². The summed E-state index contributed by atoms with van der Waals surface area (Å²) in [5.74, 6) is 1.04. The minimum atomic E-state index is -0.322. The summed E-state index contributed by atoms with van der Waals surface area (Å²) in [6.45, 7) is 3.51. The van der Waals surface area contributed by atoms with Crippen LogP contribution < -0.4 is 9.47 Å². The second kappa shape index (κ2) is 4.98. The van der Waals surface area contributed by atoms with Gasteiger partial charge in [-0.1, -0.05) is 0 Å². The van der Waals surface area contributed by atoms with E-state index < -0.39 is 0 Å². The topological polar surface area (TPSA) is 55.8 Å². The van der Waals surface area contributed by atoms with Crippen molar-refractivity contribution in [2.75, 3.05) is 6.61 Å². The summed E-state index contributed by atoms with van der Waals surface area (Å²) in [7, 11) is 0. The molecule has 0 fully saturated rings. The maximum Gasteiger partial charge on any atom is 0.308 e. The van der Waals surface area contributed by atoms with Gasteiger partial charge in [0.1, 0.15) is 17.1 Å². The molecule has 0 saturated carbocycles. The molecule has 1 unspecified atom stereocenters. The summed E-state index contributed by atoms with van der Waals surface area (Å²) in [5, 5.41) is 9.04. The van der Waals surface area contributed by atoms with Gasteiger partial charge in [0.15, 0.2) is 0 Å². The average Bonchev–Trinajstić information content (AvgIpc) is 2.29. The number of aliphatic hydroxyl groups excluding tert-OH is 1. The maximum absolute atomic E-state index is 10.9. The van der Waals surface area contributed by atoms with Gasteiger partial charge in [0.2, 0.25) is 0 Å². The number of aryl methyl sites for hydroxylation is 1. The first-order chi connectivity index (χ1) is 8.52. The number of aliphatic hydroxyl groups is 1. The van der Waals surface area contributed by atoms with Gasteiger partial charge in [0, 0.05) is 20.0 Å². The van der Waals surface area contributed by atoms with E-state index in [1.54, 1.807) is 6.07 Å². The molecule has 1 aliphatic rings. The van der Waals surface area contributed by atoms with E-state index in [2.05, 4.69) is 0 Å².